The SMILES string of the molecule is CN(CCNC(=O)c1cc2occc2[nH]1)C(=O)c1cc2occc2[nH]1. The molecule has 3 N–H and O–H groups in total. The zero-order chi connectivity index (χ0) is 17.4. The first-order chi connectivity index (χ1) is 12.1. The maximum Gasteiger partial charge on any atom is 0.270 e. The zero-order valence-corrected chi connectivity index (χ0v) is 13.5. The molecule has 0 aromatic carbocycles. The number of H-pyrrole nitrogens is 2. The average molecular weight is 340 g/mol. The number of hydrogen-bond donors (Lipinski definition) is 3. The highest BCUT2D eigenvalue weighted by Crippen LogP contribution is 2.17. The lowest BCUT2D eigenvalue weighted by molar-refractivity contribution is 0.0782. The quantitative estimate of drug-likeness (QED) is 0.518. The number of furan rings is 2. The highest BCUT2D eigenvalue weighted by molar-refractivity contribution is 5.97. The largest absolute Gasteiger partial charge is 0.463 e. The predicted octanol–water partition coefficient (Wildman–Crippen LogP) is 2.34. The lowest BCUT2D eigenvalue weighted by atomic mass is 10.3. The summed E-state index contributed by atoms with van der Waals surface area (Å²) in [5, 5.41) is 2.77. The normalized spacial score (nSPS) is 11.2. The molecule has 0 aliphatic carbocycles. The van der Waals surface area contributed by atoms with Gasteiger partial charge >= 0.3 is 0 Å². The Bertz CT molecular complexity index is 994. The molecule has 2 amide bonds. The van der Waals surface area contributed by atoms with Gasteiger partial charge in [-0.25, -0.2) is 0 Å². The molecule has 4 rings (SSSR count). The number of nitrogens with one attached hydrogen (secondary N) is 3. The summed E-state index contributed by atoms with van der Waals surface area (Å²) in [6.07, 6.45) is 3.12. The van der Waals surface area contributed by atoms with Crippen LogP contribution in [-0.4, -0.2) is 46.8 Å². The van der Waals surface area contributed by atoms with Gasteiger partial charge in [-0.2, -0.15) is 0 Å². The lowest BCUT2D eigenvalue weighted by Crippen LogP contribution is -2.36. The first-order valence-corrected chi connectivity index (χ1v) is 7.78. The Morgan fingerprint density at radius 1 is 1.04 bits per heavy atom. The number of fused-ring (bicyclic) bond motifs is 2. The van der Waals surface area contributed by atoms with Crippen LogP contribution >= 0.6 is 0 Å². The van der Waals surface area contributed by atoms with Crippen molar-refractivity contribution in [1.29, 1.82) is 0 Å². The summed E-state index contributed by atoms with van der Waals surface area (Å²) in [5.41, 5.74) is 3.70. The van der Waals surface area contributed by atoms with E-state index in [-0.39, 0.29) is 11.8 Å². The molecule has 0 fully saturated rings. The van der Waals surface area contributed by atoms with E-state index in [1.807, 2.05) is 0 Å². The number of rotatable bonds is 5. The number of carbonyl (C=O) groups excluding carboxylic acids is 2. The van der Waals surface area contributed by atoms with Gasteiger partial charge in [-0.05, 0) is 0 Å². The fraction of sp³-hybridized carbons (Fsp3) is 0.176. The monoisotopic (exact) mass is 340 g/mol. The third-order valence-corrected chi connectivity index (χ3v) is 4.03. The molecule has 0 aliphatic heterocycles. The van der Waals surface area contributed by atoms with Crippen LogP contribution in [0.1, 0.15) is 21.0 Å². The molecule has 25 heavy (non-hydrogen) atoms. The zero-order valence-electron chi connectivity index (χ0n) is 13.5. The summed E-state index contributed by atoms with van der Waals surface area (Å²) in [5.74, 6) is -0.414. The minimum absolute atomic E-state index is 0.168. The Kier molecular flexibility index (Phi) is 3.57. The third-order valence-electron chi connectivity index (χ3n) is 4.03. The minimum atomic E-state index is -0.246. The Labute approximate surface area is 141 Å². The van der Waals surface area contributed by atoms with Crippen molar-refractivity contribution in [3.8, 4) is 0 Å². The van der Waals surface area contributed by atoms with Gasteiger partial charge in [0.25, 0.3) is 11.8 Å². The first kappa shape index (κ1) is 15.1. The van der Waals surface area contributed by atoms with Crippen molar-refractivity contribution >= 4 is 34.0 Å². The molecule has 4 aromatic rings. The highest BCUT2D eigenvalue weighted by Gasteiger charge is 2.16. The number of aromatic amines is 2. The number of amides is 2. The first-order valence-electron chi connectivity index (χ1n) is 7.78. The molecule has 0 bridgehead atoms. The van der Waals surface area contributed by atoms with Crippen molar-refractivity contribution < 1.29 is 18.4 Å². The third kappa shape index (κ3) is 2.78. The minimum Gasteiger partial charge on any atom is -0.463 e. The van der Waals surface area contributed by atoms with Crippen LogP contribution in [0.2, 0.25) is 0 Å². The van der Waals surface area contributed by atoms with Crippen LogP contribution in [0.15, 0.2) is 45.6 Å². The van der Waals surface area contributed by atoms with Crippen LogP contribution in [-0.2, 0) is 0 Å². The summed E-state index contributed by atoms with van der Waals surface area (Å²) in [7, 11) is 1.68. The van der Waals surface area contributed by atoms with Crippen molar-refractivity contribution in [2.24, 2.45) is 0 Å². The van der Waals surface area contributed by atoms with Crippen molar-refractivity contribution in [3.63, 3.8) is 0 Å². The molecular weight excluding hydrogens is 324 g/mol. The van der Waals surface area contributed by atoms with Gasteiger partial charge < -0.3 is 29.0 Å². The topological polar surface area (TPSA) is 107 Å². The number of likely N-dealkylation sites (N-methyl/N-ethyl adjacent to an activating group) is 1. The molecular formula is C17H16N4O4. The number of aromatic nitrogens is 2. The number of hydrogen-bond acceptors (Lipinski definition) is 4. The van der Waals surface area contributed by atoms with Crippen LogP contribution in [0.25, 0.3) is 22.2 Å². The molecule has 0 atom stereocenters. The molecule has 0 radical (unpaired) electrons. The van der Waals surface area contributed by atoms with Crippen LogP contribution < -0.4 is 5.32 Å². The van der Waals surface area contributed by atoms with Crippen LogP contribution in [0.3, 0.4) is 0 Å². The van der Waals surface area contributed by atoms with E-state index < -0.39 is 0 Å². The highest BCUT2D eigenvalue weighted by atomic mass is 16.3. The summed E-state index contributed by atoms with van der Waals surface area (Å²) >= 11 is 0. The van der Waals surface area contributed by atoms with E-state index in [4.69, 9.17) is 8.83 Å². The summed E-state index contributed by atoms with van der Waals surface area (Å²) < 4.78 is 10.5. The van der Waals surface area contributed by atoms with Gasteiger partial charge in [0, 0.05) is 44.4 Å². The molecule has 0 saturated heterocycles. The van der Waals surface area contributed by atoms with Crippen molar-refractivity contribution in [1.82, 2.24) is 20.2 Å². The molecule has 8 nitrogen and oxygen atoms in total. The van der Waals surface area contributed by atoms with Crippen molar-refractivity contribution in [2.45, 2.75) is 0 Å². The van der Waals surface area contributed by atoms with Crippen molar-refractivity contribution in [3.05, 3.63) is 48.2 Å². The molecule has 128 valence electrons. The Morgan fingerprint density at radius 3 is 2.28 bits per heavy atom. The van der Waals surface area contributed by atoms with E-state index in [1.54, 1.807) is 43.8 Å². The Balaban J connectivity index is 1.32. The number of nitrogens with zero attached hydrogens (tertiary/aromatic N) is 1. The average Bonchev–Trinajstić information content (AvgIpc) is 3.32. The van der Waals surface area contributed by atoms with E-state index in [0.29, 0.717) is 35.6 Å². The van der Waals surface area contributed by atoms with Gasteiger partial charge in [0.05, 0.1) is 23.6 Å². The fourth-order valence-corrected chi connectivity index (χ4v) is 2.67. The van der Waals surface area contributed by atoms with E-state index in [0.717, 1.165) is 11.0 Å². The number of carbonyl (C=O) groups is 2. The molecule has 0 spiro atoms. The van der Waals surface area contributed by atoms with Gasteiger partial charge in [0.1, 0.15) is 11.4 Å². The molecule has 0 aliphatic rings. The summed E-state index contributed by atoms with van der Waals surface area (Å²) in [6, 6.07) is 6.83. The van der Waals surface area contributed by atoms with Gasteiger partial charge in [-0.15, -0.1) is 0 Å². The van der Waals surface area contributed by atoms with Crippen molar-refractivity contribution in [2.75, 3.05) is 20.1 Å². The molecule has 0 unspecified atom stereocenters. The fourth-order valence-electron chi connectivity index (χ4n) is 2.67. The van der Waals surface area contributed by atoms with E-state index in [2.05, 4.69) is 15.3 Å². The molecule has 8 heteroatoms. The predicted molar refractivity (Wildman–Crippen MR) is 90.4 cm³/mol. The molecule has 0 saturated carbocycles. The van der Waals surface area contributed by atoms with E-state index >= 15 is 0 Å². The van der Waals surface area contributed by atoms with Gasteiger partial charge in [0.2, 0.25) is 0 Å². The second-order valence-electron chi connectivity index (χ2n) is 5.75. The van der Waals surface area contributed by atoms with E-state index in [1.165, 1.54) is 4.90 Å². The lowest BCUT2D eigenvalue weighted by Gasteiger charge is -2.16. The summed E-state index contributed by atoms with van der Waals surface area (Å²) in [6.45, 7) is 0.708. The smallest absolute Gasteiger partial charge is 0.270 e. The Morgan fingerprint density at radius 2 is 1.64 bits per heavy atom. The Hall–Kier alpha value is -3.42. The van der Waals surface area contributed by atoms with Gasteiger partial charge in [0.15, 0.2) is 11.2 Å². The van der Waals surface area contributed by atoms with E-state index in [9.17, 15) is 9.59 Å². The molecule has 4 aromatic heterocycles. The second-order valence-corrected chi connectivity index (χ2v) is 5.75. The second kappa shape index (κ2) is 5.90. The van der Waals surface area contributed by atoms with Crippen LogP contribution in [0.5, 0.6) is 0 Å². The van der Waals surface area contributed by atoms with Gasteiger partial charge in [-0.3, -0.25) is 9.59 Å². The standard InChI is InChI=1S/C17H16N4O4/c1-21(17(23)13-9-15-11(20-13)3-7-25-15)5-4-18-16(22)12-8-14-10(19-12)2-6-24-14/h2-3,6-9,19-20H,4-5H2,1H3,(H,18,22). The van der Waals surface area contributed by atoms with Gasteiger partial charge in [-0.1, -0.05) is 0 Å². The van der Waals surface area contributed by atoms with Crippen LogP contribution in [0.4, 0.5) is 0 Å². The summed E-state index contributed by atoms with van der Waals surface area (Å²) in [4.78, 5) is 32.0. The maximum atomic E-state index is 12.4. The molecule has 4 heterocycles. The van der Waals surface area contributed by atoms with Crippen LogP contribution in [0, 0.1) is 0 Å². The maximum absolute atomic E-state index is 12.4.